The molecule has 3 aliphatic rings. The largest absolute Gasteiger partial charge is 0.274 e. The summed E-state index contributed by atoms with van der Waals surface area (Å²) in [6.07, 6.45) is 0. The fourth-order valence-corrected chi connectivity index (χ4v) is 6.77. The number of carbonyl (C=O) groups is 2. The summed E-state index contributed by atoms with van der Waals surface area (Å²) in [5.74, 6) is -4.26. The number of imide groups is 1. The van der Waals surface area contributed by atoms with Gasteiger partial charge in [-0.3, -0.25) is 9.59 Å². The molecule has 2 amide bonds. The maximum atomic E-state index is 13.2. The number of rotatable bonds is 1. The summed E-state index contributed by atoms with van der Waals surface area (Å²) in [4.78, 5) is 23.2. The van der Waals surface area contributed by atoms with Gasteiger partial charge >= 0.3 is 0 Å². The number of nitrogens with zero attached hydrogens (tertiary/aromatic N) is 1. The molecule has 10 heteroatoms. The average molecular weight is 464 g/mol. The lowest BCUT2D eigenvalue weighted by Crippen LogP contribution is -2.50. The van der Waals surface area contributed by atoms with Gasteiger partial charge in [-0.05, 0) is 24.3 Å². The second kappa shape index (κ2) is 5.18. The van der Waals surface area contributed by atoms with Crippen LogP contribution >= 0.6 is 69.6 Å². The van der Waals surface area contributed by atoms with Crippen LogP contribution < -0.4 is 4.90 Å². The Hall–Kier alpha value is -0.230. The summed E-state index contributed by atoms with van der Waals surface area (Å²) in [7, 11) is 0. The number of benzene rings is 1. The van der Waals surface area contributed by atoms with Crippen molar-refractivity contribution in [1.29, 1.82) is 0 Å². The molecule has 1 aliphatic heterocycles. The molecule has 0 aromatic heterocycles. The summed E-state index contributed by atoms with van der Waals surface area (Å²) in [6.45, 7) is 0. The first-order chi connectivity index (χ1) is 11.5. The van der Waals surface area contributed by atoms with E-state index >= 15 is 0 Å². The van der Waals surface area contributed by atoms with Gasteiger partial charge in [-0.1, -0.05) is 46.4 Å². The van der Waals surface area contributed by atoms with Crippen LogP contribution in [0.15, 0.2) is 34.3 Å². The highest BCUT2D eigenvalue weighted by atomic mass is 35.5. The third kappa shape index (κ3) is 1.77. The van der Waals surface area contributed by atoms with Crippen LogP contribution in [0.25, 0.3) is 0 Å². The number of amides is 2. The number of anilines is 1. The highest BCUT2D eigenvalue weighted by Crippen LogP contribution is 2.77. The lowest BCUT2D eigenvalue weighted by molar-refractivity contribution is -0.123. The maximum absolute atomic E-state index is 13.2. The van der Waals surface area contributed by atoms with E-state index in [0.717, 1.165) is 17.0 Å². The smallest absolute Gasteiger partial charge is 0.240 e. The van der Waals surface area contributed by atoms with Gasteiger partial charge in [0, 0.05) is 0 Å². The predicted molar refractivity (Wildman–Crippen MR) is 96.2 cm³/mol. The van der Waals surface area contributed by atoms with Crippen molar-refractivity contribution in [3.63, 3.8) is 0 Å². The number of allylic oxidation sites excluding steroid dienone is 2. The van der Waals surface area contributed by atoms with Crippen molar-refractivity contribution in [3.05, 3.63) is 40.1 Å². The molecule has 132 valence electrons. The highest BCUT2D eigenvalue weighted by Gasteiger charge is 2.87. The third-order valence-electron chi connectivity index (χ3n) is 4.99. The van der Waals surface area contributed by atoms with Crippen LogP contribution in [0.4, 0.5) is 10.1 Å². The van der Waals surface area contributed by atoms with Crippen molar-refractivity contribution in [2.45, 2.75) is 14.1 Å². The minimum Gasteiger partial charge on any atom is -0.274 e. The Morgan fingerprint density at radius 3 is 1.64 bits per heavy atom. The van der Waals surface area contributed by atoms with Gasteiger partial charge in [0.15, 0.2) is 4.33 Å². The van der Waals surface area contributed by atoms with Crippen LogP contribution in [-0.4, -0.2) is 25.9 Å². The summed E-state index contributed by atoms with van der Waals surface area (Å²) < 4.78 is 11.2. The number of alkyl halides is 4. The minimum atomic E-state index is -1.97. The summed E-state index contributed by atoms with van der Waals surface area (Å²) in [5, 5.41) is -0.307. The van der Waals surface area contributed by atoms with Gasteiger partial charge in [0.2, 0.25) is 11.8 Å². The monoisotopic (exact) mass is 461 g/mol. The molecular weight excluding hydrogens is 458 g/mol. The Kier molecular flexibility index (Phi) is 3.76. The van der Waals surface area contributed by atoms with E-state index in [1.807, 2.05) is 0 Å². The Labute approximate surface area is 171 Å². The first kappa shape index (κ1) is 18.1. The molecule has 2 aliphatic carbocycles. The molecule has 1 saturated heterocycles. The van der Waals surface area contributed by atoms with E-state index in [4.69, 9.17) is 69.6 Å². The normalized spacial score (nSPS) is 38.8. The molecule has 2 bridgehead atoms. The summed E-state index contributed by atoms with van der Waals surface area (Å²) >= 11 is 38.3. The van der Waals surface area contributed by atoms with E-state index in [-0.39, 0.29) is 15.8 Å². The number of halogens is 7. The molecule has 2 fully saturated rings. The molecule has 4 rings (SSSR count). The van der Waals surface area contributed by atoms with E-state index in [1.54, 1.807) is 0 Å². The Balaban J connectivity index is 1.90. The Morgan fingerprint density at radius 2 is 1.24 bits per heavy atom. The van der Waals surface area contributed by atoms with Gasteiger partial charge in [0.05, 0.1) is 27.6 Å². The van der Waals surface area contributed by atoms with E-state index in [2.05, 4.69) is 0 Å². The molecule has 1 heterocycles. The average Bonchev–Trinajstić information content (AvgIpc) is 2.94. The van der Waals surface area contributed by atoms with Crippen LogP contribution in [0.1, 0.15) is 0 Å². The topological polar surface area (TPSA) is 37.4 Å². The molecule has 1 saturated carbocycles. The standard InChI is InChI=1S/C15H6Cl6FNO2/c16-9-10(17)14(19)8-7(13(9,18)15(14,20)21)11(24)23(12(8)25)6-3-1-5(22)2-4-6/h1-4,7-8H/t7-,8-,13-,14-/m0/s1. The molecule has 1 aromatic carbocycles. The van der Waals surface area contributed by atoms with Gasteiger partial charge in [-0.15, -0.1) is 23.2 Å². The zero-order valence-corrected chi connectivity index (χ0v) is 16.4. The van der Waals surface area contributed by atoms with E-state index in [1.165, 1.54) is 12.1 Å². The van der Waals surface area contributed by atoms with Gasteiger partial charge in [0.1, 0.15) is 15.6 Å². The quantitative estimate of drug-likeness (QED) is 0.444. The van der Waals surface area contributed by atoms with E-state index < -0.39 is 43.5 Å². The lowest BCUT2D eigenvalue weighted by atomic mass is 9.84. The molecule has 0 unspecified atom stereocenters. The maximum Gasteiger partial charge on any atom is 0.240 e. The van der Waals surface area contributed by atoms with Gasteiger partial charge in [0.25, 0.3) is 0 Å². The van der Waals surface area contributed by atoms with Crippen molar-refractivity contribution in [2.24, 2.45) is 11.8 Å². The molecule has 3 nitrogen and oxygen atoms in total. The van der Waals surface area contributed by atoms with Crippen LogP contribution in [0.3, 0.4) is 0 Å². The number of carbonyl (C=O) groups excluding carboxylic acids is 2. The van der Waals surface area contributed by atoms with Crippen molar-refractivity contribution in [2.75, 3.05) is 4.90 Å². The minimum absolute atomic E-state index is 0.154. The van der Waals surface area contributed by atoms with Crippen LogP contribution in [0.5, 0.6) is 0 Å². The van der Waals surface area contributed by atoms with Crippen LogP contribution in [0.2, 0.25) is 0 Å². The molecule has 4 atom stereocenters. The van der Waals surface area contributed by atoms with Crippen molar-refractivity contribution < 1.29 is 14.0 Å². The molecule has 0 radical (unpaired) electrons. The second-order valence-corrected chi connectivity index (χ2v) is 9.35. The van der Waals surface area contributed by atoms with Crippen molar-refractivity contribution >= 4 is 87.1 Å². The summed E-state index contributed by atoms with van der Waals surface area (Å²) in [6, 6.07) is 4.83. The van der Waals surface area contributed by atoms with Crippen molar-refractivity contribution in [1.82, 2.24) is 0 Å². The van der Waals surface area contributed by atoms with Crippen molar-refractivity contribution in [3.8, 4) is 0 Å². The molecule has 0 N–H and O–H groups in total. The Morgan fingerprint density at radius 1 is 0.840 bits per heavy atom. The first-order valence-corrected chi connectivity index (χ1v) is 9.23. The molecule has 0 spiro atoms. The second-order valence-electron chi connectivity index (χ2n) is 6.07. The van der Waals surface area contributed by atoms with Gasteiger partial charge < -0.3 is 0 Å². The Bertz CT molecular complexity index is 825. The number of fused-ring (bicyclic) bond motifs is 5. The fourth-order valence-electron chi connectivity index (χ4n) is 3.84. The molecular formula is C15H6Cl6FNO2. The zero-order chi connectivity index (χ0) is 18.5. The fraction of sp³-hybridized carbons (Fsp3) is 0.333. The first-order valence-electron chi connectivity index (χ1n) is 6.96. The number of hydrogen-bond acceptors (Lipinski definition) is 2. The highest BCUT2D eigenvalue weighted by molar-refractivity contribution is 6.67. The number of hydrogen-bond donors (Lipinski definition) is 0. The van der Waals surface area contributed by atoms with Crippen LogP contribution in [0, 0.1) is 17.7 Å². The van der Waals surface area contributed by atoms with Gasteiger partial charge in [-0.2, -0.15) is 0 Å². The van der Waals surface area contributed by atoms with E-state index in [9.17, 15) is 14.0 Å². The third-order valence-corrected chi connectivity index (χ3v) is 9.25. The molecule has 25 heavy (non-hydrogen) atoms. The summed E-state index contributed by atoms with van der Waals surface area (Å²) in [5.41, 5.74) is 0.174. The predicted octanol–water partition coefficient (Wildman–Crippen LogP) is 4.78. The van der Waals surface area contributed by atoms with Gasteiger partial charge in [-0.25, -0.2) is 9.29 Å². The SMILES string of the molecule is O=C1[C@@H]2[C@@H](C(=O)N1c1ccc(F)cc1)[C@]1(Cl)C(Cl)=C(Cl)[C@]2(Cl)C1(Cl)Cl. The molecule has 1 aromatic rings. The zero-order valence-electron chi connectivity index (χ0n) is 11.9. The lowest BCUT2D eigenvalue weighted by Gasteiger charge is -2.34. The van der Waals surface area contributed by atoms with Crippen LogP contribution in [-0.2, 0) is 9.59 Å². The van der Waals surface area contributed by atoms with E-state index in [0.29, 0.717) is 0 Å².